The summed E-state index contributed by atoms with van der Waals surface area (Å²) in [6.07, 6.45) is 0. The maximum atomic E-state index is 5.98. The van der Waals surface area contributed by atoms with E-state index in [2.05, 4.69) is 24.0 Å². The highest BCUT2D eigenvalue weighted by molar-refractivity contribution is 7.71. The van der Waals surface area contributed by atoms with Crippen LogP contribution in [0.15, 0.2) is 54.6 Å². The molecule has 0 amide bonds. The van der Waals surface area contributed by atoms with Crippen LogP contribution in [0.25, 0.3) is 5.69 Å². The molecule has 4 rings (SSSR count). The van der Waals surface area contributed by atoms with E-state index in [-0.39, 0.29) is 0 Å². The van der Waals surface area contributed by atoms with Gasteiger partial charge < -0.3 is 9.47 Å². The van der Waals surface area contributed by atoms with Crippen LogP contribution < -0.4 is 4.74 Å². The highest BCUT2D eigenvalue weighted by Crippen LogP contribution is 2.19. The molecule has 0 bridgehead atoms. The standard InChI is InChI=1S/C21H24N4O2S/c1-17-7-5-6-10-19(17)25-20(15-27-18-8-3-2-4-9-18)22-24(21(25)28)16-23-11-13-26-14-12-23/h2-10H,11-16H2,1H3. The van der Waals surface area contributed by atoms with Gasteiger partial charge in [0.2, 0.25) is 4.77 Å². The maximum absolute atomic E-state index is 5.98. The Hall–Kier alpha value is -2.48. The van der Waals surface area contributed by atoms with Crippen LogP contribution >= 0.6 is 12.2 Å². The van der Waals surface area contributed by atoms with E-state index < -0.39 is 0 Å². The Morgan fingerprint density at radius 1 is 1.04 bits per heavy atom. The molecule has 2 aromatic carbocycles. The quantitative estimate of drug-likeness (QED) is 0.596. The lowest BCUT2D eigenvalue weighted by atomic mass is 10.2. The molecule has 0 spiro atoms. The van der Waals surface area contributed by atoms with Crippen LogP contribution in [0.5, 0.6) is 5.75 Å². The van der Waals surface area contributed by atoms with E-state index in [1.165, 1.54) is 0 Å². The summed E-state index contributed by atoms with van der Waals surface area (Å²) in [6, 6.07) is 18.0. The van der Waals surface area contributed by atoms with Crippen molar-refractivity contribution in [3.05, 3.63) is 70.8 Å². The summed E-state index contributed by atoms with van der Waals surface area (Å²) in [7, 11) is 0. The first-order valence-electron chi connectivity index (χ1n) is 9.45. The first kappa shape index (κ1) is 18.9. The lowest BCUT2D eigenvalue weighted by Gasteiger charge is -2.26. The minimum atomic E-state index is 0.345. The predicted molar refractivity (Wildman–Crippen MR) is 110 cm³/mol. The number of aromatic nitrogens is 3. The zero-order chi connectivity index (χ0) is 19.3. The van der Waals surface area contributed by atoms with Crippen molar-refractivity contribution < 1.29 is 9.47 Å². The first-order chi connectivity index (χ1) is 13.7. The Bertz CT molecular complexity index is 978. The van der Waals surface area contributed by atoms with Crippen molar-refractivity contribution in [3.63, 3.8) is 0 Å². The van der Waals surface area contributed by atoms with Crippen molar-refractivity contribution in [3.8, 4) is 11.4 Å². The van der Waals surface area contributed by atoms with Crippen LogP contribution in [0.1, 0.15) is 11.4 Å². The lowest BCUT2D eigenvalue weighted by Crippen LogP contribution is -2.37. The second-order valence-corrected chi connectivity index (χ2v) is 7.16. The molecular weight excluding hydrogens is 372 g/mol. The fraction of sp³-hybridized carbons (Fsp3) is 0.333. The highest BCUT2D eigenvalue weighted by Gasteiger charge is 2.18. The number of hydrogen-bond acceptors (Lipinski definition) is 5. The molecule has 0 radical (unpaired) electrons. The summed E-state index contributed by atoms with van der Waals surface area (Å²) in [5.41, 5.74) is 2.18. The van der Waals surface area contributed by atoms with Crippen molar-refractivity contribution in [1.29, 1.82) is 0 Å². The molecule has 0 N–H and O–H groups in total. The fourth-order valence-electron chi connectivity index (χ4n) is 3.29. The molecule has 1 aromatic heterocycles. The molecule has 7 heteroatoms. The molecule has 0 aliphatic carbocycles. The molecule has 2 heterocycles. The number of para-hydroxylation sites is 2. The van der Waals surface area contributed by atoms with Gasteiger partial charge in [0, 0.05) is 13.1 Å². The van der Waals surface area contributed by atoms with E-state index in [9.17, 15) is 0 Å². The first-order valence-corrected chi connectivity index (χ1v) is 9.86. The van der Waals surface area contributed by atoms with Crippen molar-refractivity contribution >= 4 is 12.2 Å². The van der Waals surface area contributed by atoms with Gasteiger partial charge in [-0.2, -0.15) is 5.10 Å². The van der Waals surface area contributed by atoms with Crippen molar-refractivity contribution in [2.45, 2.75) is 20.2 Å². The third-order valence-electron chi connectivity index (χ3n) is 4.81. The molecule has 6 nitrogen and oxygen atoms in total. The number of nitrogens with zero attached hydrogens (tertiary/aromatic N) is 4. The van der Waals surface area contributed by atoms with Crippen molar-refractivity contribution in [2.75, 3.05) is 26.3 Å². The third-order valence-corrected chi connectivity index (χ3v) is 5.20. The maximum Gasteiger partial charge on any atom is 0.203 e. The fourth-order valence-corrected chi connectivity index (χ4v) is 3.59. The van der Waals surface area contributed by atoms with E-state index in [1.807, 2.05) is 51.7 Å². The van der Waals surface area contributed by atoms with Crippen molar-refractivity contribution in [1.82, 2.24) is 19.2 Å². The van der Waals surface area contributed by atoms with Gasteiger partial charge in [-0.15, -0.1) is 0 Å². The summed E-state index contributed by atoms with van der Waals surface area (Å²) in [5.74, 6) is 1.60. The minimum absolute atomic E-state index is 0.345. The van der Waals surface area contributed by atoms with E-state index >= 15 is 0 Å². The van der Waals surface area contributed by atoms with Gasteiger partial charge in [0.15, 0.2) is 5.82 Å². The zero-order valence-electron chi connectivity index (χ0n) is 16.0. The Morgan fingerprint density at radius 2 is 1.75 bits per heavy atom. The predicted octanol–water partition coefficient (Wildman–Crippen LogP) is 3.58. The highest BCUT2D eigenvalue weighted by atomic mass is 32.1. The zero-order valence-corrected chi connectivity index (χ0v) is 16.8. The average Bonchev–Trinajstić information content (AvgIpc) is 3.03. The summed E-state index contributed by atoms with van der Waals surface area (Å²) in [4.78, 5) is 2.30. The van der Waals surface area contributed by atoms with E-state index in [0.29, 0.717) is 18.0 Å². The Morgan fingerprint density at radius 3 is 2.50 bits per heavy atom. The monoisotopic (exact) mass is 396 g/mol. The summed E-state index contributed by atoms with van der Waals surface area (Å²) in [5, 5.41) is 4.80. The molecule has 3 aromatic rings. The van der Waals surface area contributed by atoms with Gasteiger partial charge in [-0.25, -0.2) is 4.68 Å². The number of ether oxygens (including phenoxy) is 2. The summed E-state index contributed by atoms with van der Waals surface area (Å²) < 4.78 is 16.0. The molecule has 0 saturated carbocycles. The molecular formula is C21H24N4O2S. The smallest absolute Gasteiger partial charge is 0.203 e. The number of rotatable bonds is 6. The minimum Gasteiger partial charge on any atom is -0.486 e. The SMILES string of the molecule is Cc1ccccc1-n1c(COc2ccccc2)nn(CN2CCOCC2)c1=S. The van der Waals surface area contributed by atoms with Gasteiger partial charge >= 0.3 is 0 Å². The van der Waals surface area contributed by atoms with Gasteiger partial charge in [-0.3, -0.25) is 9.47 Å². The van der Waals surface area contributed by atoms with Crippen LogP contribution in [0.3, 0.4) is 0 Å². The Kier molecular flexibility index (Phi) is 5.85. The van der Waals surface area contributed by atoms with E-state index in [0.717, 1.165) is 49.1 Å². The lowest BCUT2D eigenvalue weighted by molar-refractivity contribution is 0.0209. The van der Waals surface area contributed by atoms with Crippen LogP contribution in [0.2, 0.25) is 0 Å². The molecule has 0 unspecified atom stereocenters. The Labute approximate surface area is 169 Å². The van der Waals surface area contributed by atoms with Gasteiger partial charge in [0.1, 0.15) is 12.4 Å². The average molecular weight is 397 g/mol. The number of hydrogen-bond donors (Lipinski definition) is 0. The molecule has 28 heavy (non-hydrogen) atoms. The molecule has 1 fully saturated rings. The van der Waals surface area contributed by atoms with E-state index in [1.54, 1.807) is 0 Å². The summed E-state index contributed by atoms with van der Waals surface area (Å²) >= 11 is 5.80. The number of benzene rings is 2. The van der Waals surface area contributed by atoms with Crippen LogP contribution in [0.4, 0.5) is 0 Å². The molecule has 0 atom stereocenters. The molecule has 1 aliphatic heterocycles. The van der Waals surface area contributed by atoms with Crippen LogP contribution in [-0.2, 0) is 18.0 Å². The largest absolute Gasteiger partial charge is 0.486 e. The third kappa shape index (κ3) is 4.16. The van der Waals surface area contributed by atoms with Gasteiger partial charge in [0.05, 0.1) is 25.6 Å². The van der Waals surface area contributed by atoms with Crippen molar-refractivity contribution in [2.24, 2.45) is 0 Å². The van der Waals surface area contributed by atoms with E-state index in [4.69, 9.17) is 26.8 Å². The van der Waals surface area contributed by atoms with Crippen LogP contribution in [-0.4, -0.2) is 45.6 Å². The van der Waals surface area contributed by atoms with Gasteiger partial charge in [0.25, 0.3) is 0 Å². The second-order valence-electron chi connectivity index (χ2n) is 6.79. The Balaban J connectivity index is 1.67. The second kappa shape index (κ2) is 8.68. The molecule has 1 saturated heterocycles. The summed E-state index contributed by atoms with van der Waals surface area (Å²) in [6.45, 7) is 6.34. The van der Waals surface area contributed by atoms with Gasteiger partial charge in [-0.1, -0.05) is 36.4 Å². The van der Waals surface area contributed by atoms with Crippen LogP contribution in [0, 0.1) is 11.7 Å². The molecule has 1 aliphatic rings. The topological polar surface area (TPSA) is 44.5 Å². The normalized spacial score (nSPS) is 14.9. The molecule has 146 valence electrons. The van der Waals surface area contributed by atoms with Gasteiger partial charge in [-0.05, 0) is 42.9 Å². The number of aryl methyl sites for hydroxylation is 1. The number of morpholine rings is 1.